The van der Waals surface area contributed by atoms with Crippen molar-refractivity contribution >= 4 is 82.5 Å². The predicted molar refractivity (Wildman–Crippen MR) is 283 cm³/mol. The topological polar surface area (TPSA) is 73.4 Å². The maximum Gasteiger partial charge on any atom is 0.119 e. The number of rotatable bonds is 12. The van der Waals surface area contributed by atoms with Crippen LogP contribution >= 0.6 is 0 Å². The zero-order valence-electron chi connectivity index (χ0n) is 39.6. The lowest BCUT2D eigenvalue weighted by molar-refractivity contribution is 0.415. The van der Waals surface area contributed by atoms with E-state index in [2.05, 4.69) is 164 Å². The molecule has 12 aromatic rings. The van der Waals surface area contributed by atoms with Crippen LogP contribution in [0.1, 0.15) is 0 Å². The summed E-state index contributed by atoms with van der Waals surface area (Å²) < 4.78 is 40.9. The molecule has 0 amide bonds. The van der Waals surface area contributed by atoms with E-state index < -0.39 is 0 Å². The van der Waals surface area contributed by atoms with E-state index in [-0.39, 0.29) is 0 Å². The first-order valence-corrected chi connectivity index (χ1v) is 23.0. The van der Waals surface area contributed by atoms with Crippen LogP contribution in [0.25, 0.3) is 82.5 Å². The van der Waals surface area contributed by atoms with Gasteiger partial charge >= 0.3 is 0 Å². The van der Waals surface area contributed by atoms with Gasteiger partial charge in [-0.25, -0.2) is 0 Å². The van der Waals surface area contributed by atoms with Crippen molar-refractivity contribution in [2.24, 2.45) is 0 Å². The monoisotopic (exact) mass is 920 g/mol. The summed E-state index contributed by atoms with van der Waals surface area (Å²) >= 11 is 0. The highest BCUT2D eigenvalue weighted by atomic mass is 16.5. The Morgan fingerprint density at radius 3 is 0.600 bits per heavy atom. The molecule has 0 radical (unpaired) electrons. The fourth-order valence-corrected chi connectivity index (χ4v) is 10.2. The van der Waals surface area contributed by atoms with Crippen LogP contribution in [0.4, 0.5) is 17.1 Å². The van der Waals surface area contributed by atoms with Crippen LogP contribution in [0.5, 0.6) is 34.5 Å². The minimum Gasteiger partial charge on any atom is -0.497 e. The van der Waals surface area contributed by atoms with E-state index in [1.807, 2.05) is 36.4 Å². The standard InChI is InChI=1S/C60H48N4O6/c1-65-43-19-25-55-49(31-43)50-32-44(66-2)20-26-56(50)62(55)40-13-7-37(8-14-40)61(38-9-15-41(16-10-38)63-57-27-21-45(67-3)33-51(57)52-34-46(68-4)22-28-58(52)63)39-11-17-42(18-12-39)64-59-29-23-47(69-5)35-53(59)54-36-48(70-6)24-30-60(54)64/h7-36H,1-6H3. The largest absolute Gasteiger partial charge is 0.497 e. The number of benzene rings is 9. The average molecular weight is 921 g/mol. The first kappa shape index (κ1) is 42.3. The number of hydrogen-bond donors (Lipinski definition) is 0. The summed E-state index contributed by atoms with van der Waals surface area (Å²) in [6.45, 7) is 0. The van der Waals surface area contributed by atoms with Gasteiger partial charge in [-0.1, -0.05) is 0 Å². The molecule has 0 aliphatic carbocycles. The number of fused-ring (bicyclic) bond motifs is 9. The Kier molecular flexibility index (Phi) is 10.2. The van der Waals surface area contributed by atoms with E-state index >= 15 is 0 Å². The van der Waals surface area contributed by atoms with Crippen LogP contribution in [0, 0.1) is 0 Å². The highest BCUT2D eigenvalue weighted by Crippen LogP contribution is 2.42. The lowest BCUT2D eigenvalue weighted by atomic mass is 10.1. The number of methoxy groups -OCH3 is 6. The maximum atomic E-state index is 5.67. The minimum atomic E-state index is 0.801. The molecule has 0 N–H and O–H groups in total. The first-order valence-electron chi connectivity index (χ1n) is 23.0. The molecule has 0 bridgehead atoms. The fraction of sp³-hybridized carbons (Fsp3) is 0.100. The highest BCUT2D eigenvalue weighted by molar-refractivity contribution is 6.12. The first-order chi connectivity index (χ1) is 34.4. The van der Waals surface area contributed by atoms with Gasteiger partial charge in [0, 0.05) is 66.4 Å². The third kappa shape index (κ3) is 6.78. The molecular formula is C60H48N4O6. The molecule has 0 aliphatic heterocycles. The molecule has 344 valence electrons. The van der Waals surface area contributed by atoms with E-state index in [4.69, 9.17) is 28.4 Å². The van der Waals surface area contributed by atoms with E-state index in [1.165, 1.54) is 0 Å². The third-order valence-electron chi connectivity index (χ3n) is 13.6. The maximum absolute atomic E-state index is 5.67. The van der Waals surface area contributed by atoms with E-state index in [0.29, 0.717) is 0 Å². The van der Waals surface area contributed by atoms with Crippen molar-refractivity contribution in [2.45, 2.75) is 0 Å². The summed E-state index contributed by atoms with van der Waals surface area (Å²) in [7, 11) is 10.2. The number of anilines is 3. The van der Waals surface area contributed by atoms with Gasteiger partial charge in [0.05, 0.1) is 75.8 Å². The number of nitrogens with zero attached hydrogens (tertiary/aromatic N) is 4. The van der Waals surface area contributed by atoms with Crippen LogP contribution in [0.2, 0.25) is 0 Å². The van der Waals surface area contributed by atoms with Gasteiger partial charge in [-0.2, -0.15) is 0 Å². The lowest BCUT2D eigenvalue weighted by Crippen LogP contribution is -2.10. The molecule has 10 nitrogen and oxygen atoms in total. The Labute approximate surface area is 404 Å². The summed E-state index contributed by atoms with van der Waals surface area (Å²) in [5, 5.41) is 6.51. The van der Waals surface area contributed by atoms with Crippen LogP contribution in [0.3, 0.4) is 0 Å². The zero-order valence-corrected chi connectivity index (χ0v) is 39.6. The summed E-state index contributed by atoms with van der Waals surface area (Å²) in [6, 6.07) is 63.7. The molecule has 12 rings (SSSR count). The smallest absolute Gasteiger partial charge is 0.119 e. The molecule has 0 unspecified atom stereocenters. The van der Waals surface area contributed by atoms with Crippen molar-refractivity contribution in [1.29, 1.82) is 0 Å². The Bertz CT molecular complexity index is 3370. The minimum absolute atomic E-state index is 0.801. The molecule has 3 aromatic heterocycles. The van der Waals surface area contributed by atoms with Crippen LogP contribution < -0.4 is 33.3 Å². The van der Waals surface area contributed by atoms with Gasteiger partial charge in [-0.3, -0.25) is 0 Å². The van der Waals surface area contributed by atoms with Crippen molar-refractivity contribution in [1.82, 2.24) is 13.7 Å². The van der Waals surface area contributed by atoms with E-state index in [0.717, 1.165) is 134 Å². The Hall–Kier alpha value is -9.02. The van der Waals surface area contributed by atoms with Gasteiger partial charge in [0.15, 0.2) is 0 Å². The second-order valence-corrected chi connectivity index (χ2v) is 17.2. The zero-order chi connectivity index (χ0) is 47.6. The van der Waals surface area contributed by atoms with Gasteiger partial charge in [-0.05, 0) is 182 Å². The second kappa shape index (κ2) is 16.9. The molecule has 0 saturated heterocycles. The Morgan fingerprint density at radius 2 is 0.429 bits per heavy atom. The summed E-state index contributed by atoms with van der Waals surface area (Å²) in [4.78, 5) is 2.31. The van der Waals surface area contributed by atoms with Gasteiger partial charge in [-0.15, -0.1) is 0 Å². The van der Waals surface area contributed by atoms with Gasteiger partial charge < -0.3 is 47.0 Å². The van der Waals surface area contributed by atoms with Gasteiger partial charge in [0.1, 0.15) is 34.5 Å². The van der Waals surface area contributed by atoms with Crippen molar-refractivity contribution in [3.63, 3.8) is 0 Å². The predicted octanol–water partition coefficient (Wildman–Crippen LogP) is 14.5. The summed E-state index contributed by atoms with van der Waals surface area (Å²) in [6.07, 6.45) is 0. The molecule has 9 aromatic carbocycles. The van der Waals surface area contributed by atoms with E-state index in [9.17, 15) is 0 Å². The number of ether oxygens (including phenoxy) is 6. The third-order valence-corrected chi connectivity index (χ3v) is 13.6. The van der Waals surface area contributed by atoms with Crippen LogP contribution in [-0.2, 0) is 0 Å². The average Bonchev–Trinajstić information content (AvgIpc) is 4.05. The molecule has 10 heteroatoms. The highest BCUT2D eigenvalue weighted by Gasteiger charge is 2.20. The molecule has 0 spiro atoms. The van der Waals surface area contributed by atoms with Crippen molar-refractivity contribution in [2.75, 3.05) is 47.6 Å². The fourth-order valence-electron chi connectivity index (χ4n) is 10.2. The molecule has 70 heavy (non-hydrogen) atoms. The Balaban J connectivity index is 0.997. The molecular weight excluding hydrogens is 873 g/mol. The Morgan fingerprint density at radius 1 is 0.243 bits per heavy atom. The van der Waals surface area contributed by atoms with Crippen LogP contribution in [0.15, 0.2) is 182 Å². The quantitative estimate of drug-likeness (QED) is 0.121. The number of hydrogen-bond acceptors (Lipinski definition) is 7. The SMILES string of the molecule is COc1ccc2c(c1)c1cc(OC)ccc1n2-c1ccc(N(c2ccc(-n3c4ccc(OC)cc4c4cc(OC)ccc43)cc2)c2ccc(-n3c4ccc(OC)cc4c4cc(OC)ccc43)cc2)cc1. The van der Waals surface area contributed by atoms with Crippen molar-refractivity contribution in [3.05, 3.63) is 182 Å². The van der Waals surface area contributed by atoms with Crippen molar-refractivity contribution < 1.29 is 28.4 Å². The van der Waals surface area contributed by atoms with E-state index in [1.54, 1.807) is 42.7 Å². The number of aromatic nitrogens is 3. The summed E-state index contributed by atoms with van der Waals surface area (Å²) in [5.41, 5.74) is 12.5. The van der Waals surface area contributed by atoms with Crippen molar-refractivity contribution in [3.8, 4) is 51.6 Å². The molecule has 0 saturated carbocycles. The lowest BCUT2D eigenvalue weighted by Gasteiger charge is -2.26. The normalized spacial score (nSPS) is 11.6. The molecule has 0 aliphatic rings. The van der Waals surface area contributed by atoms with Gasteiger partial charge in [0.25, 0.3) is 0 Å². The molecule has 0 fully saturated rings. The summed E-state index contributed by atoms with van der Waals surface area (Å²) in [5.74, 6) is 4.80. The second-order valence-electron chi connectivity index (χ2n) is 17.2. The molecule has 0 atom stereocenters. The van der Waals surface area contributed by atoms with Crippen LogP contribution in [-0.4, -0.2) is 56.4 Å². The van der Waals surface area contributed by atoms with Gasteiger partial charge in [0.2, 0.25) is 0 Å². The molecule has 3 heterocycles.